The van der Waals surface area contributed by atoms with Crippen LogP contribution in [0.25, 0.3) is 0 Å². The minimum atomic E-state index is -0.866. The number of nitrogens with one attached hydrogen (secondary N) is 2. The van der Waals surface area contributed by atoms with Crippen molar-refractivity contribution in [1.29, 1.82) is 0 Å². The summed E-state index contributed by atoms with van der Waals surface area (Å²) in [6.07, 6.45) is 1.58. The van der Waals surface area contributed by atoms with Gasteiger partial charge in [0.05, 0.1) is 6.04 Å². The van der Waals surface area contributed by atoms with Crippen LogP contribution >= 0.6 is 0 Å². The van der Waals surface area contributed by atoms with Crippen molar-refractivity contribution in [2.45, 2.75) is 58.5 Å². The number of hydrogen-bond donors (Lipinski definition) is 2. The molecule has 1 aliphatic heterocycles. The third kappa shape index (κ3) is 5.07. The molecule has 1 aromatic rings. The number of carbonyl (C=O) groups excluding carboxylic acids is 3. The van der Waals surface area contributed by atoms with Gasteiger partial charge in [0.15, 0.2) is 0 Å². The summed E-state index contributed by atoms with van der Waals surface area (Å²) in [6.45, 7) is 7.86. The Kier molecular flexibility index (Phi) is 6.40. The quantitative estimate of drug-likeness (QED) is 0.700. The van der Waals surface area contributed by atoms with Gasteiger partial charge in [-0.3, -0.25) is 14.5 Å². The maximum Gasteiger partial charge on any atom is 0.325 e. The molecule has 1 saturated heterocycles. The summed E-state index contributed by atoms with van der Waals surface area (Å²) in [7, 11) is 0. The van der Waals surface area contributed by atoms with Gasteiger partial charge >= 0.3 is 6.03 Å². The summed E-state index contributed by atoms with van der Waals surface area (Å²) in [4.78, 5) is 37.5. The van der Waals surface area contributed by atoms with Gasteiger partial charge in [0, 0.05) is 13.0 Å². The minimum absolute atomic E-state index is 0.0284. The van der Waals surface area contributed by atoms with Crippen LogP contribution in [0.4, 0.5) is 4.79 Å². The third-order valence-corrected chi connectivity index (χ3v) is 4.47. The highest BCUT2D eigenvalue weighted by Gasteiger charge is 2.43. The average molecular weight is 359 g/mol. The molecule has 1 atom stereocenters. The van der Waals surface area contributed by atoms with Gasteiger partial charge in [-0.15, -0.1) is 0 Å². The molecule has 2 N–H and O–H groups in total. The molecule has 0 bridgehead atoms. The molecule has 6 nitrogen and oxygen atoms in total. The number of urea groups is 1. The fourth-order valence-electron chi connectivity index (χ4n) is 3.12. The van der Waals surface area contributed by atoms with Crippen LogP contribution in [0.1, 0.15) is 58.6 Å². The smallest absolute Gasteiger partial charge is 0.325 e. The van der Waals surface area contributed by atoms with Gasteiger partial charge in [-0.1, -0.05) is 44.2 Å². The topological polar surface area (TPSA) is 78.5 Å². The molecule has 6 heteroatoms. The van der Waals surface area contributed by atoms with Gasteiger partial charge < -0.3 is 10.6 Å². The molecule has 1 aliphatic rings. The van der Waals surface area contributed by atoms with Crippen molar-refractivity contribution in [3.63, 3.8) is 0 Å². The van der Waals surface area contributed by atoms with E-state index in [1.165, 1.54) is 4.90 Å². The average Bonchev–Trinajstić information content (AvgIpc) is 2.76. The van der Waals surface area contributed by atoms with E-state index in [0.717, 1.165) is 12.0 Å². The van der Waals surface area contributed by atoms with Crippen molar-refractivity contribution in [3.05, 3.63) is 35.9 Å². The molecule has 0 aromatic heterocycles. The lowest BCUT2D eigenvalue weighted by Gasteiger charge is -2.21. The highest BCUT2D eigenvalue weighted by atomic mass is 16.2. The monoisotopic (exact) mass is 359 g/mol. The SMILES string of the molecule is CC(C)C[C@@H](NC(=O)CCCN1C(=O)NC(C)(C)C1=O)c1ccccc1. The van der Waals surface area contributed by atoms with Gasteiger partial charge in [-0.05, 0) is 38.2 Å². The van der Waals surface area contributed by atoms with Crippen LogP contribution in [0.3, 0.4) is 0 Å². The Balaban J connectivity index is 1.87. The zero-order valence-electron chi connectivity index (χ0n) is 16.0. The number of hydrogen-bond acceptors (Lipinski definition) is 3. The van der Waals surface area contributed by atoms with E-state index in [-0.39, 0.29) is 36.9 Å². The first-order chi connectivity index (χ1) is 12.2. The van der Waals surface area contributed by atoms with Crippen molar-refractivity contribution in [3.8, 4) is 0 Å². The number of rotatable bonds is 8. The standard InChI is InChI=1S/C20H29N3O3/c1-14(2)13-16(15-9-6-5-7-10-15)21-17(24)11-8-12-23-18(25)20(3,4)22-19(23)26/h5-7,9-10,14,16H,8,11-13H2,1-4H3,(H,21,24)(H,22,26)/t16-/m1/s1. The van der Waals surface area contributed by atoms with Gasteiger partial charge in [0.1, 0.15) is 5.54 Å². The van der Waals surface area contributed by atoms with Crippen molar-refractivity contribution in [2.75, 3.05) is 6.54 Å². The van der Waals surface area contributed by atoms with E-state index in [9.17, 15) is 14.4 Å². The third-order valence-electron chi connectivity index (χ3n) is 4.47. The van der Waals surface area contributed by atoms with Crippen LogP contribution in [-0.4, -0.2) is 34.8 Å². The van der Waals surface area contributed by atoms with Gasteiger partial charge in [0.25, 0.3) is 5.91 Å². The molecule has 0 saturated carbocycles. The second-order valence-electron chi connectivity index (χ2n) is 7.78. The fraction of sp³-hybridized carbons (Fsp3) is 0.550. The van der Waals surface area contributed by atoms with E-state index < -0.39 is 5.54 Å². The Labute approximate surface area is 155 Å². The molecule has 1 heterocycles. The lowest BCUT2D eigenvalue weighted by atomic mass is 9.97. The van der Waals surface area contributed by atoms with Crippen molar-refractivity contribution in [1.82, 2.24) is 15.5 Å². The molecule has 0 aliphatic carbocycles. The normalized spacial score (nSPS) is 17.3. The Morgan fingerprint density at radius 1 is 1.19 bits per heavy atom. The van der Waals surface area contributed by atoms with Crippen LogP contribution in [0.5, 0.6) is 0 Å². The Hall–Kier alpha value is -2.37. The molecule has 142 valence electrons. The number of nitrogens with zero attached hydrogens (tertiary/aromatic N) is 1. The van der Waals surface area contributed by atoms with E-state index in [0.29, 0.717) is 12.3 Å². The molecular weight excluding hydrogens is 330 g/mol. The second-order valence-corrected chi connectivity index (χ2v) is 7.78. The maximum atomic E-state index is 12.4. The second kappa shape index (κ2) is 8.34. The number of benzene rings is 1. The molecule has 0 unspecified atom stereocenters. The van der Waals surface area contributed by atoms with E-state index in [1.807, 2.05) is 30.3 Å². The zero-order valence-corrected chi connectivity index (χ0v) is 16.0. The number of amides is 4. The predicted molar refractivity (Wildman–Crippen MR) is 100 cm³/mol. The predicted octanol–water partition coefficient (Wildman–Crippen LogP) is 3.00. The van der Waals surface area contributed by atoms with Crippen LogP contribution in [0.15, 0.2) is 30.3 Å². The Morgan fingerprint density at radius 3 is 2.38 bits per heavy atom. The van der Waals surface area contributed by atoms with E-state index >= 15 is 0 Å². The molecular formula is C20H29N3O3. The number of imide groups is 1. The maximum absolute atomic E-state index is 12.4. The summed E-state index contributed by atoms with van der Waals surface area (Å²) in [5.74, 6) is 0.143. The summed E-state index contributed by atoms with van der Waals surface area (Å²) < 4.78 is 0. The van der Waals surface area contributed by atoms with Crippen LogP contribution < -0.4 is 10.6 Å². The van der Waals surface area contributed by atoms with Gasteiger partial charge in [-0.25, -0.2) is 4.79 Å². The highest BCUT2D eigenvalue weighted by Crippen LogP contribution is 2.21. The highest BCUT2D eigenvalue weighted by molar-refractivity contribution is 6.06. The summed E-state index contributed by atoms with van der Waals surface area (Å²) in [6, 6.07) is 9.51. The van der Waals surface area contributed by atoms with Crippen molar-refractivity contribution in [2.24, 2.45) is 5.92 Å². The first-order valence-corrected chi connectivity index (χ1v) is 9.19. The zero-order chi connectivity index (χ0) is 19.3. The lowest BCUT2D eigenvalue weighted by molar-refractivity contribution is -0.130. The molecule has 1 fully saturated rings. The molecule has 4 amide bonds. The molecule has 1 aromatic carbocycles. The van der Waals surface area contributed by atoms with Crippen LogP contribution in [0.2, 0.25) is 0 Å². The summed E-state index contributed by atoms with van der Waals surface area (Å²) in [5, 5.41) is 5.73. The first-order valence-electron chi connectivity index (χ1n) is 9.19. The van der Waals surface area contributed by atoms with Gasteiger partial charge in [0.2, 0.25) is 5.91 Å². The van der Waals surface area contributed by atoms with E-state index in [1.54, 1.807) is 13.8 Å². The Morgan fingerprint density at radius 2 is 1.85 bits per heavy atom. The Bertz CT molecular complexity index is 656. The largest absolute Gasteiger partial charge is 0.349 e. The number of carbonyl (C=O) groups is 3. The summed E-state index contributed by atoms with van der Waals surface area (Å²) >= 11 is 0. The van der Waals surface area contributed by atoms with Crippen LogP contribution in [0, 0.1) is 5.92 Å². The molecule has 2 rings (SSSR count). The van der Waals surface area contributed by atoms with E-state index in [4.69, 9.17) is 0 Å². The van der Waals surface area contributed by atoms with Crippen molar-refractivity contribution < 1.29 is 14.4 Å². The van der Waals surface area contributed by atoms with Gasteiger partial charge in [-0.2, -0.15) is 0 Å². The molecule has 0 radical (unpaired) electrons. The van der Waals surface area contributed by atoms with E-state index in [2.05, 4.69) is 24.5 Å². The molecule has 0 spiro atoms. The lowest BCUT2D eigenvalue weighted by Crippen LogP contribution is -2.40. The fourth-order valence-corrected chi connectivity index (χ4v) is 3.12. The van der Waals surface area contributed by atoms with Crippen LogP contribution in [-0.2, 0) is 9.59 Å². The molecule has 26 heavy (non-hydrogen) atoms. The summed E-state index contributed by atoms with van der Waals surface area (Å²) in [5.41, 5.74) is 0.222. The van der Waals surface area contributed by atoms with Crippen molar-refractivity contribution >= 4 is 17.8 Å². The first kappa shape index (κ1) is 19.9. The minimum Gasteiger partial charge on any atom is -0.349 e.